The van der Waals surface area contributed by atoms with E-state index in [2.05, 4.69) is 15.9 Å². The number of nitrogens with zero attached hydrogens (tertiary/aromatic N) is 2. The minimum Gasteiger partial charge on any atom is -0.423 e. The molecule has 3 rings (SSSR count). The summed E-state index contributed by atoms with van der Waals surface area (Å²) in [7, 11) is 0. The Bertz CT molecular complexity index is 1180. The Morgan fingerprint density at radius 2 is 1.16 bits per heavy atom. The van der Waals surface area contributed by atoms with Crippen LogP contribution in [0.3, 0.4) is 0 Å². The molecule has 10 nitrogen and oxygen atoms in total. The van der Waals surface area contributed by atoms with Gasteiger partial charge in [-0.05, 0) is 58.4 Å². The second kappa shape index (κ2) is 9.13. The van der Waals surface area contributed by atoms with E-state index in [4.69, 9.17) is 9.47 Å². The van der Waals surface area contributed by atoms with Crippen molar-refractivity contribution in [3.05, 3.63) is 103 Å². The number of rotatable bonds is 6. The molecule has 0 aliphatic carbocycles. The lowest BCUT2D eigenvalue weighted by Crippen LogP contribution is -2.10. The van der Waals surface area contributed by atoms with E-state index in [9.17, 15) is 29.8 Å². The van der Waals surface area contributed by atoms with Crippen molar-refractivity contribution in [3.63, 3.8) is 0 Å². The summed E-state index contributed by atoms with van der Waals surface area (Å²) in [5.41, 5.74) is -0.0722. The van der Waals surface area contributed by atoms with Crippen LogP contribution in [0.25, 0.3) is 0 Å². The maximum Gasteiger partial charge on any atom is 0.343 e. The molecule has 0 unspecified atom stereocenters. The largest absolute Gasteiger partial charge is 0.423 e. The summed E-state index contributed by atoms with van der Waals surface area (Å²) < 4.78 is 10.8. The van der Waals surface area contributed by atoms with E-state index in [-0.39, 0.29) is 34.0 Å². The molecule has 0 aromatic heterocycles. The number of carbonyl (C=O) groups excluding carboxylic acids is 2. The highest BCUT2D eigenvalue weighted by Crippen LogP contribution is 2.30. The standard InChI is InChI=1S/C20H11BrN2O8/c21-17-11-16(30-19(24)12-1-5-14(6-2-12)22(26)27)9-10-18(17)31-20(25)13-3-7-15(8-4-13)23(28)29/h1-11H. The molecule has 0 fully saturated rings. The maximum atomic E-state index is 12.2. The van der Waals surface area contributed by atoms with Gasteiger partial charge >= 0.3 is 11.9 Å². The van der Waals surface area contributed by atoms with Crippen molar-refractivity contribution < 1.29 is 28.9 Å². The molecule has 0 aliphatic heterocycles. The first-order valence-corrected chi connectivity index (χ1v) is 9.27. The second-order valence-electron chi connectivity index (χ2n) is 5.98. The van der Waals surface area contributed by atoms with Gasteiger partial charge in [0.2, 0.25) is 0 Å². The monoisotopic (exact) mass is 486 g/mol. The van der Waals surface area contributed by atoms with Crippen LogP contribution in [-0.4, -0.2) is 21.8 Å². The number of halogens is 1. The third kappa shape index (κ3) is 5.28. The molecule has 0 heterocycles. The minimum atomic E-state index is -0.730. The quantitative estimate of drug-likeness (QED) is 0.211. The Hall–Kier alpha value is -4.12. The second-order valence-corrected chi connectivity index (χ2v) is 6.83. The zero-order valence-corrected chi connectivity index (χ0v) is 17.0. The van der Waals surface area contributed by atoms with Crippen LogP contribution < -0.4 is 9.47 Å². The highest BCUT2D eigenvalue weighted by Gasteiger charge is 2.16. The van der Waals surface area contributed by atoms with Gasteiger partial charge in [0.15, 0.2) is 0 Å². The summed E-state index contributed by atoms with van der Waals surface area (Å²) in [4.78, 5) is 44.6. The average Bonchev–Trinajstić information content (AvgIpc) is 2.75. The maximum absolute atomic E-state index is 12.2. The lowest BCUT2D eigenvalue weighted by molar-refractivity contribution is -0.385. The SMILES string of the molecule is O=C(Oc1ccc(OC(=O)c2ccc([N+](=O)[O-])cc2)c(Br)c1)c1ccc([N+](=O)[O-])cc1. The first kappa shape index (κ1) is 21.6. The predicted molar refractivity (Wildman–Crippen MR) is 110 cm³/mol. The van der Waals surface area contributed by atoms with Crippen molar-refractivity contribution in [2.45, 2.75) is 0 Å². The van der Waals surface area contributed by atoms with Gasteiger partial charge in [0.05, 0.1) is 25.4 Å². The van der Waals surface area contributed by atoms with Gasteiger partial charge in [-0.3, -0.25) is 20.2 Å². The lowest BCUT2D eigenvalue weighted by Gasteiger charge is -2.09. The molecule has 156 valence electrons. The fourth-order valence-corrected chi connectivity index (χ4v) is 2.83. The number of hydrogen-bond acceptors (Lipinski definition) is 8. The van der Waals surface area contributed by atoms with E-state index in [1.807, 2.05) is 0 Å². The zero-order valence-electron chi connectivity index (χ0n) is 15.4. The molecular formula is C20H11BrN2O8. The molecule has 0 radical (unpaired) electrons. The van der Waals surface area contributed by atoms with Crippen molar-refractivity contribution in [2.75, 3.05) is 0 Å². The van der Waals surface area contributed by atoms with Gasteiger partial charge in [0, 0.05) is 24.3 Å². The molecule has 31 heavy (non-hydrogen) atoms. The number of ether oxygens (including phenoxy) is 2. The van der Waals surface area contributed by atoms with E-state index in [0.29, 0.717) is 4.47 Å². The molecular weight excluding hydrogens is 476 g/mol. The van der Waals surface area contributed by atoms with E-state index >= 15 is 0 Å². The van der Waals surface area contributed by atoms with Crippen molar-refractivity contribution in [1.29, 1.82) is 0 Å². The van der Waals surface area contributed by atoms with Gasteiger partial charge in [-0.1, -0.05) is 0 Å². The molecule has 3 aromatic carbocycles. The van der Waals surface area contributed by atoms with Gasteiger partial charge in [-0.25, -0.2) is 9.59 Å². The molecule has 0 atom stereocenters. The summed E-state index contributed by atoms with van der Waals surface area (Å²) in [6, 6.07) is 14.0. The fraction of sp³-hybridized carbons (Fsp3) is 0. The van der Waals surface area contributed by atoms with Crippen LogP contribution in [0.5, 0.6) is 11.5 Å². The summed E-state index contributed by atoms with van der Waals surface area (Å²) in [6.45, 7) is 0. The van der Waals surface area contributed by atoms with E-state index in [1.54, 1.807) is 0 Å². The Labute approximate surface area is 182 Å². The Kier molecular flexibility index (Phi) is 6.36. The molecule has 0 amide bonds. The summed E-state index contributed by atoms with van der Waals surface area (Å²) in [5.74, 6) is -1.17. The number of nitro groups is 2. The third-order valence-corrected chi connectivity index (χ3v) is 4.56. The molecule has 0 aliphatic rings. The van der Waals surface area contributed by atoms with Crippen molar-refractivity contribution in [1.82, 2.24) is 0 Å². The first-order valence-electron chi connectivity index (χ1n) is 8.47. The first-order chi connectivity index (χ1) is 14.7. The number of esters is 2. The number of hydrogen-bond donors (Lipinski definition) is 0. The fourth-order valence-electron chi connectivity index (χ4n) is 2.39. The molecule has 11 heteroatoms. The van der Waals surface area contributed by atoms with Crippen LogP contribution >= 0.6 is 15.9 Å². The number of nitro benzene ring substituents is 2. The Morgan fingerprint density at radius 3 is 1.58 bits per heavy atom. The van der Waals surface area contributed by atoms with Gasteiger partial charge in [0.1, 0.15) is 11.5 Å². The molecule has 0 spiro atoms. The highest BCUT2D eigenvalue weighted by molar-refractivity contribution is 9.10. The van der Waals surface area contributed by atoms with Gasteiger partial charge in [-0.2, -0.15) is 0 Å². The highest BCUT2D eigenvalue weighted by atomic mass is 79.9. The van der Waals surface area contributed by atoms with Gasteiger partial charge in [-0.15, -0.1) is 0 Å². The number of non-ortho nitro benzene ring substituents is 2. The van der Waals surface area contributed by atoms with Crippen LogP contribution in [0.2, 0.25) is 0 Å². The lowest BCUT2D eigenvalue weighted by atomic mass is 10.2. The van der Waals surface area contributed by atoms with E-state index in [0.717, 1.165) is 0 Å². The molecule has 0 N–H and O–H groups in total. The zero-order chi connectivity index (χ0) is 22.5. The normalized spacial score (nSPS) is 10.2. The van der Waals surface area contributed by atoms with Crippen LogP contribution in [-0.2, 0) is 0 Å². The van der Waals surface area contributed by atoms with Gasteiger partial charge in [0.25, 0.3) is 11.4 Å². The summed E-state index contributed by atoms with van der Waals surface area (Å²) in [6.07, 6.45) is 0. The van der Waals surface area contributed by atoms with Crippen molar-refractivity contribution in [2.24, 2.45) is 0 Å². The number of benzene rings is 3. The molecule has 3 aromatic rings. The smallest absolute Gasteiger partial charge is 0.343 e. The minimum absolute atomic E-state index is 0.117. The van der Waals surface area contributed by atoms with Crippen molar-refractivity contribution in [3.8, 4) is 11.5 Å². The van der Waals surface area contributed by atoms with Crippen LogP contribution in [0.1, 0.15) is 20.7 Å². The topological polar surface area (TPSA) is 139 Å². The van der Waals surface area contributed by atoms with Crippen LogP contribution in [0, 0.1) is 20.2 Å². The summed E-state index contributed by atoms with van der Waals surface area (Å²) in [5, 5.41) is 21.4. The van der Waals surface area contributed by atoms with Crippen molar-refractivity contribution >= 4 is 39.2 Å². The Balaban J connectivity index is 1.67. The van der Waals surface area contributed by atoms with Crippen LogP contribution in [0.15, 0.2) is 71.2 Å². The predicted octanol–water partition coefficient (Wildman–Crippen LogP) is 4.70. The van der Waals surface area contributed by atoms with Gasteiger partial charge < -0.3 is 9.47 Å². The molecule has 0 saturated heterocycles. The summed E-state index contributed by atoms with van der Waals surface area (Å²) >= 11 is 3.22. The average molecular weight is 487 g/mol. The van der Waals surface area contributed by atoms with E-state index < -0.39 is 21.8 Å². The molecule has 0 saturated carbocycles. The molecule has 0 bridgehead atoms. The third-order valence-electron chi connectivity index (χ3n) is 3.94. The number of carbonyl (C=O) groups is 2. The Morgan fingerprint density at radius 1 is 0.710 bits per heavy atom. The van der Waals surface area contributed by atoms with Crippen LogP contribution in [0.4, 0.5) is 11.4 Å². The van der Waals surface area contributed by atoms with E-state index in [1.165, 1.54) is 66.7 Å².